The fourth-order valence-electron chi connectivity index (χ4n) is 2.13. The maximum absolute atomic E-state index is 12.1. The summed E-state index contributed by atoms with van der Waals surface area (Å²) in [6.07, 6.45) is 0. The molecule has 0 bridgehead atoms. The molecule has 2 aromatic carbocycles. The standard InChI is InChI=1S/C18H19ClN2O2/c1-12(2)18(3,11-20)21-17(22)10-23-16-9-8-15(19)13-6-4-5-7-14(13)16/h4-9,12H,10H2,1-3H3,(H,21,22)/t18-/m1/s1. The number of hydrogen-bond donors (Lipinski definition) is 1. The van der Waals surface area contributed by atoms with Crippen LogP contribution in [0.4, 0.5) is 0 Å². The van der Waals surface area contributed by atoms with Crippen LogP contribution >= 0.6 is 11.6 Å². The predicted molar refractivity (Wildman–Crippen MR) is 91.5 cm³/mol. The van der Waals surface area contributed by atoms with Gasteiger partial charge in [-0.05, 0) is 25.0 Å². The topological polar surface area (TPSA) is 62.1 Å². The van der Waals surface area contributed by atoms with Gasteiger partial charge in [-0.3, -0.25) is 4.79 Å². The highest BCUT2D eigenvalue weighted by Gasteiger charge is 2.30. The number of rotatable bonds is 5. The summed E-state index contributed by atoms with van der Waals surface area (Å²) in [6, 6.07) is 13.2. The zero-order valence-corrected chi connectivity index (χ0v) is 14.1. The summed E-state index contributed by atoms with van der Waals surface area (Å²) in [7, 11) is 0. The van der Waals surface area contributed by atoms with Crippen molar-refractivity contribution in [2.24, 2.45) is 5.92 Å². The van der Waals surface area contributed by atoms with E-state index in [0.29, 0.717) is 10.8 Å². The van der Waals surface area contributed by atoms with E-state index in [4.69, 9.17) is 16.3 Å². The molecular formula is C18H19ClN2O2. The lowest BCUT2D eigenvalue weighted by atomic mass is 9.90. The molecule has 2 rings (SSSR count). The lowest BCUT2D eigenvalue weighted by Gasteiger charge is -2.27. The number of benzene rings is 2. The van der Waals surface area contributed by atoms with Crippen molar-refractivity contribution in [2.45, 2.75) is 26.3 Å². The van der Waals surface area contributed by atoms with Gasteiger partial charge in [0.25, 0.3) is 5.91 Å². The summed E-state index contributed by atoms with van der Waals surface area (Å²) < 4.78 is 5.63. The molecule has 0 aliphatic carbocycles. The van der Waals surface area contributed by atoms with E-state index in [1.54, 1.807) is 19.1 Å². The molecule has 0 saturated heterocycles. The number of nitrogens with zero attached hydrogens (tertiary/aromatic N) is 1. The first-order chi connectivity index (χ1) is 10.9. The number of halogens is 1. The van der Waals surface area contributed by atoms with Crippen LogP contribution in [0.5, 0.6) is 5.75 Å². The van der Waals surface area contributed by atoms with Crippen molar-refractivity contribution in [1.82, 2.24) is 5.32 Å². The molecule has 0 aliphatic rings. The molecule has 23 heavy (non-hydrogen) atoms. The molecule has 1 amide bonds. The van der Waals surface area contributed by atoms with Crippen molar-refractivity contribution in [2.75, 3.05) is 6.61 Å². The highest BCUT2D eigenvalue weighted by atomic mass is 35.5. The van der Waals surface area contributed by atoms with Crippen molar-refractivity contribution in [3.8, 4) is 11.8 Å². The van der Waals surface area contributed by atoms with Crippen LogP contribution in [0, 0.1) is 17.2 Å². The second-order valence-corrected chi connectivity index (χ2v) is 6.30. The van der Waals surface area contributed by atoms with Gasteiger partial charge < -0.3 is 10.1 Å². The molecule has 120 valence electrons. The summed E-state index contributed by atoms with van der Waals surface area (Å²) in [4.78, 5) is 12.1. The maximum Gasteiger partial charge on any atom is 0.259 e. The molecular weight excluding hydrogens is 312 g/mol. The summed E-state index contributed by atoms with van der Waals surface area (Å²) >= 11 is 6.16. The molecule has 0 radical (unpaired) electrons. The van der Waals surface area contributed by atoms with Crippen molar-refractivity contribution < 1.29 is 9.53 Å². The minimum Gasteiger partial charge on any atom is -0.483 e. The normalized spacial score (nSPS) is 13.4. The van der Waals surface area contributed by atoms with E-state index in [9.17, 15) is 10.1 Å². The first kappa shape index (κ1) is 17.1. The van der Waals surface area contributed by atoms with E-state index in [2.05, 4.69) is 11.4 Å². The van der Waals surface area contributed by atoms with E-state index in [1.807, 2.05) is 38.1 Å². The van der Waals surface area contributed by atoms with Gasteiger partial charge >= 0.3 is 0 Å². The Morgan fingerprint density at radius 1 is 1.30 bits per heavy atom. The molecule has 0 saturated carbocycles. The van der Waals surface area contributed by atoms with Crippen LogP contribution in [0.3, 0.4) is 0 Å². The van der Waals surface area contributed by atoms with Crippen molar-refractivity contribution in [1.29, 1.82) is 5.26 Å². The second kappa shape index (κ2) is 6.89. The minimum atomic E-state index is -0.914. The number of nitrogens with one attached hydrogen (secondary N) is 1. The minimum absolute atomic E-state index is 0.00666. The molecule has 0 aliphatic heterocycles. The van der Waals surface area contributed by atoms with Gasteiger partial charge in [0.2, 0.25) is 0 Å². The van der Waals surface area contributed by atoms with Gasteiger partial charge in [-0.25, -0.2) is 0 Å². The first-order valence-electron chi connectivity index (χ1n) is 7.39. The Balaban J connectivity index is 2.12. The quantitative estimate of drug-likeness (QED) is 0.903. The van der Waals surface area contributed by atoms with Crippen LogP contribution in [0.25, 0.3) is 10.8 Å². The monoisotopic (exact) mass is 330 g/mol. The van der Waals surface area contributed by atoms with E-state index < -0.39 is 5.54 Å². The number of amides is 1. The molecule has 0 heterocycles. The fourth-order valence-corrected chi connectivity index (χ4v) is 2.36. The van der Waals surface area contributed by atoms with Crippen LogP contribution in [-0.2, 0) is 4.79 Å². The average Bonchev–Trinajstić information content (AvgIpc) is 2.54. The summed E-state index contributed by atoms with van der Waals surface area (Å²) in [5.41, 5.74) is -0.914. The lowest BCUT2D eigenvalue weighted by molar-refractivity contribution is -0.124. The zero-order chi connectivity index (χ0) is 17.0. The lowest BCUT2D eigenvalue weighted by Crippen LogP contribution is -2.50. The molecule has 1 N–H and O–H groups in total. The number of carbonyl (C=O) groups excluding carboxylic acids is 1. The van der Waals surface area contributed by atoms with Crippen molar-refractivity contribution in [3.63, 3.8) is 0 Å². The molecule has 0 fully saturated rings. The summed E-state index contributed by atoms with van der Waals surface area (Å²) in [5, 5.41) is 14.3. The number of fused-ring (bicyclic) bond motifs is 1. The average molecular weight is 331 g/mol. The molecule has 1 atom stereocenters. The molecule has 2 aromatic rings. The zero-order valence-electron chi connectivity index (χ0n) is 13.4. The molecule has 5 heteroatoms. The van der Waals surface area contributed by atoms with Crippen LogP contribution < -0.4 is 10.1 Å². The van der Waals surface area contributed by atoms with Crippen molar-refractivity contribution in [3.05, 3.63) is 41.4 Å². The highest BCUT2D eigenvalue weighted by Crippen LogP contribution is 2.31. The van der Waals surface area contributed by atoms with Gasteiger partial charge in [-0.1, -0.05) is 49.7 Å². The van der Waals surface area contributed by atoms with Crippen LogP contribution in [-0.4, -0.2) is 18.1 Å². The van der Waals surface area contributed by atoms with E-state index in [-0.39, 0.29) is 18.4 Å². The Morgan fingerprint density at radius 2 is 1.96 bits per heavy atom. The van der Waals surface area contributed by atoms with E-state index in [1.165, 1.54) is 0 Å². The van der Waals surface area contributed by atoms with Gasteiger partial charge in [-0.2, -0.15) is 5.26 Å². The third-order valence-corrected chi connectivity index (χ3v) is 4.31. The van der Waals surface area contributed by atoms with Crippen LogP contribution in [0.2, 0.25) is 5.02 Å². The Labute approximate surface area is 141 Å². The Kier molecular flexibility index (Phi) is 5.12. The second-order valence-electron chi connectivity index (χ2n) is 5.90. The number of hydrogen-bond acceptors (Lipinski definition) is 3. The van der Waals surface area contributed by atoms with Gasteiger partial charge in [-0.15, -0.1) is 0 Å². The van der Waals surface area contributed by atoms with E-state index >= 15 is 0 Å². The SMILES string of the molecule is CC(C)[C@@](C)(C#N)NC(=O)COc1ccc(Cl)c2ccccc12. The number of ether oxygens (including phenoxy) is 1. The predicted octanol–water partition coefficient (Wildman–Crippen LogP) is 3.93. The van der Waals surface area contributed by atoms with Crippen molar-refractivity contribution >= 4 is 28.3 Å². The van der Waals surface area contributed by atoms with Gasteiger partial charge in [0.05, 0.1) is 6.07 Å². The van der Waals surface area contributed by atoms with Gasteiger partial charge in [0.15, 0.2) is 6.61 Å². The third-order valence-electron chi connectivity index (χ3n) is 3.98. The van der Waals surface area contributed by atoms with Gasteiger partial charge in [0, 0.05) is 15.8 Å². The highest BCUT2D eigenvalue weighted by molar-refractivity contribution is 6.35. The van der Waals surface area contributed by atoms with E-state index in [0.717, 1.165) is 10.8 Å². The third kappa shape index (κ3) is 3.75. The Hall–Kier alpha value is -2.25. The molecule has 4 nitrogen and oxygen atoms in total. The van der Waals surface area contributed by atoms with Crippen LogP contribution in [0.15, 0.2) is 36.4 Å². The summed E-state index contributed by atoms with van der Waals surface area (Å²) in [5.74, 6) is 0.248. The largest absolute Gasteiger partial charge is 0.483 e. The smallest absolute Gasteiger partial charge is 0.259 e. The molecule has 0 aromatic heterocycles. The Bertz CT molecular complexity index is 767. The number of nitriles is 1. The maximum atomic E-state index is 12.1. The Morgan fingerprint density at radius 3 is 2.57 bits per heavy atom. The van der Waals surface area contributed by atoms with Crippen LogP contribution in [0.1, 0.15) is 20.8 Å². The molecule has 0 spiro atoms. The summed E-state index contributed by atoms with van der Waals surface area (Å²) in [6.45, 7) is 5.32. The first-order valence-corrected chi connectivity index (χ1v) is 7.77. The number of carbonyl (C=O) groups is 1. The molecule has 0 unspecified atom stereocenters. The van der Waals surface area contributed by atoms with Gasteiger partial charge in [0.1, 0.15) is 11.3 Å². The fraction of sp³-hybridized carbons (Fsp3) is 0.333.